The third kappa shape index (κ3) is 3.44. The van der Waals surface area contributed by atoms with Crippen molar-refractivity contribution in [1.82, 2.24) is 0 Å². The molecule has 0 bridgehead atoms. The van der Waals surface area contributed by atoms with Crippen LogP contribution in [0.25, 0.3) is 15.8 Å². The number of fused-ring (bicyclic) bond motifs is 1. The number of aliphatic imine (C=N–C) groups is 1. The molecule has 0 heterocycles. The van der Waals surface area contributed by atoms with Crippen molar-refractivity contribution in [2.75, 3.05) is 0 Å². The van der Waals surface area contributed by atoms with Gasteiger partial charge in [0.05, 0.1) is 5.69 Å². The van der Waals surface area contributed by atoms with Crippen LogP contribution in [0, 0.1) is 6.92 Å². The molecule has 108 valence electrons. The van der Waals surface area contributed by atoms with Gasteiger partial charge in [-0.3, -0.25) is 4.99 Å². The van der Waals surface area contributed by atoms with Crippen molar-refractivity contribution in [2.45, 2.75) is 6.92 Å². The molecule has 0 aromatic heterocycles. The van der Waals surface area contributed by atoms with Gasteiger partial charge in [-0.05, 0) is 53.1 Å². The number of hydrogen-bond acceptors (Lipinski definition) is 1. The predicted octanol–water partition coefficient (Wildman–Crippen LogP) is 6.13. The molecule has 3 aromatic rings. The zero-order valence-electron chi connectivity index (χ0n) is 12.3. The average molecular weight is 306 g/mol. The lowest BCUT2D eigenvalue weighted by Crippen LogP contribution is -1.80. The molecule has 0 aliphatic carbocycles. The van der Waals surface area contributed by atoms with E-state index in [1.165, 1.54) is 16.3 Å². The molecule has 0 N–H and O–H groups in total. The van der Waals surface area contributed by atoms with Gasteiger partial charge < -0.3 is 0 Å². The van der Waals surface area contributed by atoms with Crippen LogP contribution in [0.2, 0.25) is 0 Å². The van der Waals surface area contributed by atoms with Gasteiger partial charge in [0.1, 0.15) is 0 Å². The fourth-order valence-electron chi connectivity index (χ4n) is 2.33. The third-order valence-electron chi connectivity index (χ3n) is 3.47. The number of hydrogen-bond donors (Lipinski definition) is 0. The molecular formula is C20H16ClN. The molecule has 0 aliphatic rings. The highest BCUT2D eigenvalue weighted by Crippen LogP contribution is 2.23. The quantitative estimate of drug-likeness (QED) is 0.516. The number of aryl methyl sites for hydroxylation is 1. The first-order chi connectivity index (χ1) is 10.7. The topological polar surface area (TPSA) is 12.4 Å². The van der Waals surface area contributed by atoms with Gasteiger partial charge in [-0.2, -0.15) is 0 Å². The monoisotopic (exact) mass is 305 g/mol. The van der Waals surface area contributed by atoms with Crippen LogP contribution in [-0.4, -0.2) is 6.21 Å². The first-order valence-electron chi connectivity index (χ1n) is 7.18. The Balaban J connectivity index is 1.83. The Morgan fingerprint density at radius 3 is 2.55 bits per heavy atom. The predicted molar refractivity (Wildman–Crippen MR) is 97.1 cm³/mol. The van der Waals surface area contributed by atoms with E-state index in [0.717, 1.165) is 11.3 Å². The Morgan fingerprint density at radius 2 is 1.73 bits per heavy atom. The lowest BCUT2D eigenvalue weighted by atomic mass is 10.1. The highest BCUT2D eigenvalue weighted by Gasteiger charge is 1.99. The first-order valence-corrected chi connectivity index (χ1v) is 7.56. The van der Waals surface area contributed by atoms with Crippen molar-refractivity contribution in [3.05, 3.63) is 83.9 Å². The van der Waals surface area contributed by atoms with E-state index in [4.69, 9.17) is 11.6 Å². The molecule has 0 saturated carbocycles. The van der Waals surface area contributed by atoms with Crippen molar-refractivity contribution in [1.29, 1.82) is 0 Å². The minimum atomic E-state index is 0.683. The molecule has 0 fully saturated rings. The average Bonchev–Trinajstić information content (AvgIpc) is 2.54. The molecule has 3 aromatic carbocycles. The van der Waals surface area contributed by atoms with E-state index in [0.29, 0.717) is 5.03 Å². The number of benzene rings is 3. The molecular weight excluding hydrogens is 290 g/mol. The van der Waals surface area contributed by atoms with Gasteiger partial charge in [0, 0.05) is 11.2 Å². The highest BCUT2D eigenvalue weighted by atomic mass is 35.5. The summed E-state index contributed by atoms with van der Waals surface area (Å²) in [6.07, 6.45) is 3.57. The smallest absolute Gasteiger partial charge is 0.0632 e. The van der Waals surface area contributed by atoms with Crippen LogP contribution >= 0.6 is 11.6 Å². The maximum atomic E-state index is 6.37. The lowest BCUT2D eigenvalue weighted by molar-refractivity contribution is 1.43. The van der Waals surface area contributed by atoms with E-state index in [9.17, 15) is 0 Å². The van der Waals surface area contributed by atoms with E-state index in [1.54, 1.807) is 6.21 Å². The van der Waals surface area contributed by atoms with Crippen LogP contribution in [0.1, 0.15) is 11.1 Å². The molecule has 22 heavy (non-hydrogen) atoms. The minimum Gasteiger partial charge on any atom is -0.257 e. The molecule has 1 nitrogen and oxygen atoms in total. The van der Waals surface area contributed by atoms with Crippen molar-refractivity contribution < 1.29 is 0 Å². The molecule has 3 rings (SSSR count). The van der Waals surface area contributed by atoms with Gasteiger partial charge >= 0.3 is 0 Å². The van der Waals surface area contributed by atoms with Crippen molar-refractivity contribution in [3.63, 3.8) is 0 Å². The van der Waals surface area contributed by atoms with Crippen LogP contribution in [-0.2, 0) is 0 Å². The Bertz CT molecular complexity index is 862. The zero-order valence-corrected chi connectivity index (χ0v) is 13.1. The highest BCUT2D eigenvalue weighted by molar-refractivity contribution is 6.49. The summed E-state index contributed by atoms with van der Waals surface area (Å²) in [5.74, 6) is 0. The van der Waals surface area contributed by atoms with E-state index < -0.39 is 0 Å². The molecule has 0 unspecified atom stereocenters. The van der Waals surface area contributed by atoms with E-state index in [2.05, 4.69) is 42.2 Å². The van der Waals surface area contributed by atoms with Crippen molar-refractivity contribution in [3.8, 4) is 0 Å². The Kier molecular flexibility index (Phi) is 4.36. The second-order valence-corrected chi connectivity index (χ2v) is 5.60. The number of rotatable bonds is 3. The summed E-state index contributed by atoms with van der Waals surface area (Å²) in [5, 5.41) is 3.08. The van der Waals surface area contributed by atoms with Crippen LogP contribution in [0.5, 0.6) is 0 Å². The van der Waals surface area contributed by atoms with Gasteiger partial charge in [-0.1, -0.05) is 60.1 Å². The number of allylic oxidation sites excluding steroid dienone is 1. The van der Waals surface area contributed by atoms with E-state index in [1.807, 2.05) is 42.5 Å². The van der Waals surface area contributed by atoms with Crippen LogP contribution in [0.15, 0.2) is 77.8 Å². The van der Waals surface area contributed by atoms with E-state index >= 15 is 0 Å². The lowest BCUT2D eigenvalue weighted by Gasteiger charge is -2.02. The van der Waals surface area contributed by atoms with Crippen LogP contribution in [0.4, 0.5) is 5.69 Å². The van der Waals surface area contributed by atoms with Gasteiger partial charge in [-0.15, -0.1) is 0 Å². The molecule has 0 radical (unpaired) electrons. The molecule has 0 atom stereocenters. The standard InChI is InChI=1S/C20H16ClN/c1-15-5-4-8-19(13-15)22-12-11-20(21)18-10-9-16-6-2-3-7-17(16)14-18/h2-14H,1H3/b20-11-,22-12?. The molecule has 0 saturated heterocycles. The summed E-state index contributed by atoms with van der Waals surface area (Å²) in [5.41, 5.74) is 3.12. The Hall–Kier alpha value is -2.38. The second-order valence-electron chi connectivity index (χ2n) is 5.19. The van der Waals surface area contributed by atoms with E-state index in [-0.39, 0.29) is 0 Å². The summed E-state index contributed by atoms with van der Waals surface area (Å²) < 4.78 is 0. The molecule has 0 aliphatic heterocycles. The number of nitrogens with zero attached hydrogens (tertiary/aromatic N) is 1. The molecule has 2 heteroatoms. The molecule has 0 spiro atoms. The fourth-order valence-corrected chi connectivity index (χ4v) is 2.51. The second kappa shape index (κ2) is 6.59. The van der Waals surface area contributed by atoms with Gasteiger partial charge in [0.25, 0.3) is 0 Å². The maximum Gasteiger partial charge on any atom is 0.0632 e. The number of halogens is 1. The summed E-state index contributed by atoms with van der Waals surface area (Å²) >= 11 is 6.37. The van der Waals surface area contributed by atoms with Crippen LogP contribution in [0.3, 0.4) is 0 Å². The Labute approximate surface area is 135 Å². The normalized spacial score (nSPS) is 12.2. The molecule has 0 amide bonds. The maximum absolute atomic E-state index is 6.37. The third-order valence-corrected chi connectivity index (χ3v) is 3.82. The SMILES string of the molecule is Cc1cccc(N=C/C=C(\Cl)c2ccc3ccccc3c2)c1. The Morgan fingerprint density at radius 1 is 0.909 bits per heavy atom. The summed E-state index contributed by atoms with van der Waals surface area (Å²) in [4.78, 5) is 4.41. The summed E-state index contributed by atoms with van der Waals surface area (Å²) in [6.45, 7) is 2.05. The summed E-state index contributed by atoms with van der Waals surface area (Å²) in [6, 6.07) is 22.5. The van der Waals surface area contributed by atoms with Crippen LogP contribution < -0.4 is 0 Å². The van der Waals surface area contributed by atoms with Crippen molar-refractivity contribution >= 4 is 39.3 Å². The van der Waals surface area contributed by atoms with Gasteiger partial charge in [0.15, 0.2) is 0 Å². The van der Waals surface area contributed by atoms with Gasteiger partial charge in [-0.25, -0.2) is 0 Å². The minimum absolute atomic E-state index is 0.683. The zero-order chi connectivity index (χ0) is 15.4. The summed E-state index contributed by atoms with van der Waals surface area (Å²) in [7, 11) is 0. The van der Waals surface area contributed by atoms with Gasteiger partial charge in [0.2, 0.25) is 0 Å². The van der Waals surface area contributed by atoms with Crippen molar-refractivity contribution in [2.24, 2.45) is 4.99 Å². The largest absolute Gasteiger partial charge is 0.257 e. The first kappa shape index (κ1) is 14.6. The fraction of sp³-hybridized carbons (Fsp3) is 0.0500.